The molecular weight excluding hydrogens is 325 g/mol. The summed E-state index contributed by atoms with van der Waals surface area (Å²) in [5, 5.41) is 3.06. The molecule has 132 valence electrons. The van der Waals surface area contributed by atoms with Crippen molar-refractivity contribution in [3.05, 3.63) is 0 Å². The Hall–Kier alpha value is -0.0700. The van der Waals surface area contributed by atoms with Crippen LogP contribution in [0.2, 0.25) is 0 Å². The summed E-state index contributed by atoms with van der Waals surface area (Å²) in [5.41, 5.74) is 0. The summed E-state index contributed by atoms with van der Waals surface area (Å²) in [4.78, 5) is 16.8. The average Bonchev–Trinajstić information content (AvgIpc) is 2.82. The molecule has 2 aliphatic rings. The standard InChI is InChI=1S/C15H29N3O2.2ClH/c1-12-9-17(10-13(2)20-12)11-14-5-4-8-18(14)15(19)6-7-16-3;;/h12-14,16H,4-11H2,1-3H3;2*1H. The molecule has 3 atom stereocenters. The summed E-state index contributed by atoms with van der Waals surface area (Å²) in [6.45, 7) is 8.94. The lowest BCUT2D eigenvalue weighted by Crippen LogP contribution is -2.51. The molecule has 3 unspecified atom stereocenters. The smallest absolute Gasteiger partial charge is 0.224 e. The second-order valence-electron chi connectivity index (χ2n) is 6.21. The number of halogens is 2. The first-order valence-corrected chi connectivity index (χ1v) is 7.92. The third-order valence-corrected chi connectivity index (χ3v) is 4.25. The predicted octanol–water partition coefficient (Wildman–Crippen LogP) is 1.54. The van der Waals surface area contributed by atoms with Crippen molar-refractivity contribution >= 4 is 30.7 Å². The molecule has 2 rings (SSSR count). The van der Waals surface area contributed by atoms with E-state index in [1.165, 1.54) is 0 Å². The van der Waals surface area contributed by atoms with Crippen LogP contribution < -0.4 is 5.32 Å². The summed E-state index contributed by atoms with van der Waals surface area (Å²) in [6.07, 6.45) is 3.50. The van der Waals surface area contributed by atoms with Crippen molar-refractivity contribution in [2.45, 2.75) is 51.4 Å². The fraction of sp³-hybridized carbons (Fsp3) is 0.933. The highest BCUT2D eigenvalue weighted by Gasteiger charge is 2.31. The second kappa shape index (κ2) is 10.7. The lowest BCUT2D eigenvalue weighted by Gasteiger charge is -2.38. The van der Waals surface area contributed by atoms with Crippen molar-refractivity contribution in [2.75, 3.05) is 39.8 Å². The summed E-state index contributed by atoms with van der Waals surface area (Å²) in [7, 11) is 1.89. The molecule has 0 aromatic rings. The molecule has 1 amide bonds. The van der Waals surface area contributed by atoms with Gasteiger partial charge in [-0.15, -0.1) is 24.8 Å². The number of nitrogens with zero attached hydrogens (tertiary/aromatic N) is 2. The summed E-state index contributed by atoms with van der Waals surface area (Å²) < 4.78 is 5.78. The van der Waals surface area contributed by atoms with Gasteiger partial charge in [-0.1, -0.05) is 0 Å². The summed E-state index contributed by atoms with van der Waals surface area (Å²) in [6, 6.07) is 0.400. The molecule has 2 aliphatic heterocycles. The van der Waals surface area contributed by atoms with Crippen LogP contribution in [0.15, 0.2) is 0 Å². The van der Waals surface area contributed by atoms with Crippen LogP contribution in [0.25, 0.3) is 0 Å². The van der Waals surface area contributed by atoms with Gasteiger partial charge in [-0.05, 0) is 33.7 Å². The van der Waals surface area contributed by atoms with Crippen LogP contribution in [-0.4, -0.2) is 73.7 Å². The number of amides is 1. The molecule has 0 aliphatic carbocycles. The first kappa shape index (κ1) is 21.9. The number of carbonyl (C=O) groups is 1. The van der Waals surface area contributed by atoms with E-state index < -0.39 is 0 Å². The van der Waals surface area contributed by atoms with Gasteiger partial charge in [0, 0.05) is 45.2 Å². The Morgan fingerprint density at radius 2 is 1.86 bits per heavy atom. The Morgan fingerprint density at radius 1 is 1.23 bits per heavy atom. The molecule has 5 nitrogen and oxygen atoms in total. The normalized spacial score (nSPS) is 28.9. The van der Waals surface area contributed by atoms with Crippen LogP contribution in [0.3, 0.4) is 0 Å². The van der Waals surface area contributed by atoms with Gasteiger partial charge in [0.25, 0.3) is 0 Å². The Labute approximate surface area is 146 Å². The van der Waals surface area contributed by atoms with Crippen LogP contribution in [0, 0.1) is 0 Å². The molecule has 2 saturated heterocycles. The largest absolute Gasteiger partial charge is 0.373 e. The fourth-order valence-electron chi connectivity index (χ4n) is 3.46. The Morgan fingerprint density at radius 3 is 2.45 bits per heavy atom. The van der Waals surface area contributed by atoms with Crippen molar-refractivity contribution in [2.24, 2.45) is 0 Å². The van der Waals surface area contributed by atoms with Gasteiger partial charge in [0.05, 0.1) is 12.2 Å². The van der Waals surface area contributed by atoms with Crippen LogP contribution in [0.1, 0.15) is 33.1 Å². The minimum atomic E-state index is 0. The van der Waals surface area contributed by atoms with Crippen LogP contribution in [-0.2, 0) is 9.53 Å². The highest BCUT2D eigenvalue weighted by atomic mass is 35.5. The number of hydrogen-bond donors (Lipinski definition) is 1. The van der Waals surface area contributed by atoms with Gasteiger partial charge >= 0.3 is 0 Å². The molecule has 0 bridgehead atoms. The SMILES string of the molecule is CNCCC(=O)N1CCCC1CN1CC(C)OC(C)C1.Cl.Cl. The minimum Gasteiger partial charge on any atom is -0.373 e. The Kier molecular flexibility index (Phi) is 10.6. The highest BCUT2D eigenvalue weighted by Crippen LogP contribution is 2.21. The topological polar surface area (TPSA) is 44.8 Å². The molecule has 22 heavy (non-hydrogen) atoms. The number of rotatable bonds is 5. The van der Waals surface area contributed by atoms with Crippen LogP contribution in [0.5, 0.6) is 0 Å². The summed E-state index contributed by atoms with van der Waals surface area (Å²) >= 11 is 0. The van der Waals surface area contributed by atoms with E-state index in [1.54, 1.807) is 0 Å². The van der Waals surface area contributed by atoms with E-state index in [4.69, 9.17) is 4.74 Å². The quantitative estimate of drug-likeness (QED) is 0.812. The van der Waals surface area contributed by atoms with Crippen molar-refractivity contribution in [1.29, 1.82) is 0 Å². The van der Waals surface area contributed by atoms with Gasteiger partial charge in [-0.25, -0.2) is 0 Å². The maximum Gasteiger partial charge on any atom is 0.224 e. The lowest BCUT2D eigenvalue weighted by atomic mass is 10.1. The maximum absolute atomic E-state index is 12.2. The van der Waals surface area contributed by atoms with Gasteiger partial charge in [-0.2, -0.15) is 0 Å². The molecule has 2 fully saturated rings. The second-order valence-corrected chi connectivity index (χ2v) is 6.21. The Bertz CT molecular complexity index is 324. The van der Waals surface area contributed by atoms with Gasteiger partial charge in [-0.3, -0.25) is 9.69 Å². The molecule has 0 aromatic heterocycles. The number of ether oxygens (including phenoxy) is 1. The van der Waals surface area contributed by atoms with E-state index in [0.717, 1.165) is 45.6 Å². The molecule has 1 N–H and O–H groups in total. The van der Waals surface area contributed by atoms with Crippen molar-refractivity contribution in [3.63, 3.8) is 0 Å². The molecule has 7 heteroatoms. The van der Waals surface area contributed by atoms with Gasteiger partial charge in [0.15, 0.2) is 0 Å². The van der Waals surface area contributed by atoms with Gasteiger partial charge in [0.1, 0.15) is 0 Å². The van der Waals surface area contributed by atoms with Crippen LogP contribution >= 0.6 is 24.8 Å². The van der Waals surface area contributed by atoms with E-state index in [-0.39, 0.29) is 24.8 Å². The first-order valence-electron chi connectivity index (χ1n) is 7.92. The van der Waals surface area contributed by atoms with E-state index >= 15 is 0 Å². The number of carbonyl (C=O) groups excluding carboxylic acids is 1. The molecular formula is C15H31Cl2N3O2. The fourth-order valence-corrected chi connectivity index (χ4v) is 3.46. The number of morpholine rings is 1. The summed E-state index contributed by atoms with van der Waals surface area (Å²) in [5.74, 6) is 0.302. The maximum atomic E-state index is 12.2. The first-order chi connectivity index (χ1) is 9.60. The van der Waals surface area contributed by atoms with E-state index in [0.29, 0.717) is 30.6 Å². The van der Waals surface area contributed by atoms with Crippen molar-refractivity contribution in [1.82, 2.24) is 15.1 Å². The molecule has 0 saturated carbocycles. The lowest BCUT2D eigenvalue weighted by molar-refractivity contribution is -0.132. The van der Waals surface area contributed by atoms with Crippen molar-refractivity contribution in [3.8, 4) is 0 Å². The Balaban J connectivity index is 0.00000220. The van der Waals surface area contributed by atoms with E-state index in [1.807, 2.05) is 7.05 Å². The van der Waals surface area contributed by atoms with Crippen molar-refractivity contribution < 1.29 is 9.53 Å². The third kappa shape index (κ3) is 6.20. The average molecular weight is 356 g/mol. The number of nitrogens with one attached hydrogen (secondary N) is 1. The van der Waals surface area contributed by atoms with Gasteiger partial charge in [0.2, 0.25) is 5.91 Å². The third-order valence-electron chi connectivity index (χ3n) is 4.25. The predicted molar refractivity (Wildman–Crippen MR) is 94.2 cm³/mol. The molecule has 0 aromatic carbocycles. The van der Waals surface area contributed by atoms with Crippen LogP contribution in [0.4, 0.5) is 0 Å². The van der Waals surface area contributed by atoms with E-state index in [9.17, 15) is 4.79 Å². The minimum absolute atomic E-state index is 0. The monoisotopic (exact) mass is 355 g/mol. The molecule has 0 radical (unpaired) electrons. The number of hydrogen-bond acceptors (Lipinski definition) is 4. The molecule has 0 spiro atoms. The van der Waals surface area contributed by atoms with Gasteiger partial charge < -0.3 is 15.0 Å². The highest BCUT2D eigenvalue weighted by molar-refractivity contribution is 5.85. The zero-order chi connectivity index (χ0) is 14.5. The molecule has 2 heterocycles. The number of likely N-dealkylation sites (tertiary alicyclic amines) is 1. The zero-order valence-electron chi connectivity index (χ0n) is 13.9. The zero-order valence-corrected chi connectivity index (χ0v) is 15.5. The van der Waals surface area contributed by atoms with E-state index in [2.05, 4.69) is 29.0 Å².